The van der Waals surface area contributed by atoms with Gasteiger partial charge < -0.3 is 15.0 Å². The topological polar surface area (TPSA) is 100 Å². The van der Waals surface area contributed by atoms with E-state index < -0.39 is 6.09 Å². The van der Waals surface area contributed by atoms with E-state index in [1.165, 1.54) is 0 Å². The fourth-order valence-electron chi connectivity index (χ4n) is 2.50. The van der Waals surface area contributed by atoms with E-state index in [2.05, 4.69) is 9.97 Å². The molecule has 2 rings (SSSR count). The molecule has 0 radical (unpaired) electrons. The van der Waals surface area contributed by atoms with Crippen LogP contribution < -0.4 is 5.73 Å². The highest BCUT2D eigenvalue weighted by Gasteiger charge is 2.19. The number of nitrogens with zero attached hydrogens (tertiary/aromatic N) is 3. The second kappa shape index (κ2) is 7.04. The number of aromatic nitrogens is 3. The molecule has 0 aliphatic heterocycles. The minimum absolute atomic E-state index is 0.0802. The first-order valence-electron chi connectivity index (χ1n) is 7.35. The molecule has 122 valence electrons. The largest absolute Gasteiger partial charge is 0.448 e. The molecule has 0 spiro atoms. The Labute approximate surface area is 134 Å². The summed E-state index contributed by atoms with van der Waals surface area (Å²) in [5.41, 5.74) is 7.70. The molecule has 0 atom stereocenters. The van der Waals surface area contributed by atoms with E-state index in [0.717, 1.165) is 17.5 Å². The lowest BCUT2D eigenvalue weighted by Gasteiger charge is -2.10. The van der Waals surface area contributed by atoms with E-state index in [1.54, 1.807) is 17.7 Å². The van der Waals surface area contributed by atoms with Gasteiger partial charge in [-0.25, -0.2) is 9.78 Å². The molecule has 0 aliphatic carbocycles. The van der Waals surface area contributed by atoms with Crippen molar-refractivity contribution in [3.63, 3.8) is 0 Å². The van der Waals surface area contributed by atoms with Gasteiger partial charge in [0.25, 0.3) is 0 Å². The molecule has 7 nitrogen and oxygen atoms in total. The minimum Gasteiger partial charge on any atom is -0.448 e. The van der Waals surface area contributed by atoms with Crippen molar-refractivity contribution in [2.75, 3.05) is 6.61 Å². The van der Waals surface area contributed by atoms with Crippen molar-refractivity contribution in [2.45, 2.75) is 33.2 Å². The van der Waals surface area contributed by atoms with Crippen LogP contribution in [0.3, 0.4) is 0 Å². The standard InChI is InChI=1S/C16H20N4O3/c1-10(2)14-12(5-4-6-18-14)15-13(9-21)20(11(3)19-15)7-8-23-16(17)22/h4-6,9-10H,7-8H2,1-3H3,(H2,17,22). The zero-order valence-corrected chi connectivity index (χ0v) is 13.4. The zero-order chi connectivity index (χ0) is 17.0. The van der Waals surface area contributed by atoms with Crippen LogP contribution in [0.25, 0.3) is 11.3 Å². The Morgan fingerprint density at radius 1 is 1.48 bits per heavy atom. The van der Waals surface area contributed by atoms with Gasteiger partial charge in [-0.3, -0.25) is 9.78 Å². The molecule has 2 N–H and O–H groups in total. The van der Waals surface area contributed by atoms with Crippen LogP contribution in [0.2, 0.25) is 0 Å². The summed E-state index contributed by atoms with van der Waals surface area (Å²) in [6.07, 6.45) is 1.64. The van der Waals surface area contributed by atoms with Gasteiger partial charge >= 0.3 is 6.09 Å². The number of hydrogen-bond acceptors (Lipinski definition) is 5. The monoisotopic (exact) mass is 316 g/mol. The number of aryl methyl sites for hydroxylation is 1. The molecule has 2 aromatic heterocycles. The molecule has 0 bridgehead atoms. The number of ether oxygens (including phenoxy) is 1. The zero-order valence-electron chi connectivity index (χ0n) is 13.4. The first-order chi connectivity index (χ1) is 11.0. The number of primary amides is 1. The van der Waals surface area contributed by atoms with Gasteiger partial charge in [0.05, 0.1) is 12.2 Å². The summed E-state index contributed by atoms with van der Waals surface area (Å²) in [4.78, 5) is 31.2. The van der Waals surface area contributed by atoms with Crippen molar-refractivity contribution in [3.8, 4) is 11.3 Å². The number of amides is 1. The number of pyridine rings is 1. The number of hydrogen-bond donors (Lipinski definition) is 1. The quantitative estimate of drug-likeness (QED) is 0.824. The highest BCUT2D eigenvalue weighted by atomic mass is 16.5. The second-order valence-corrected chi connectivity index (χ2v) is 5.42. The fraction of sp³-hybridized carbons (Fsp3) is 0.375. The molecule has 0 saturated carbocycles. The Morgan fingerprint density at radius 3 is 2.83 bits per heavy atom. The van der Waals surface area contributed by atoms with Gasteiger partial charge in [0, 0.05) is 11.8 Å². The molecule has 0 fully saturated rings. The van der Waals surface area contributed by atoms with Crippen LogP contribution in [0.4, 0.5) is 4.79 Å². The van der Waals surface area contributed by atoms with Gasteiger partial charge in [0.1, 0.15) is 23.8 Å². The van der Waals surface area contributed by atoms with Crippen LogP contribution in [0.5, 0.6) is 0 Å². The van der Waals surface area contributed by atoms with Gasteiger partial charge in [-0.15, -0.1) is 0 Å². The Balaban J connectivity index is 2.45. The molecule has 0 aromatic carbocycles. The maximum absolute atomic E-state index is 11.6. The van der Waals surface area contributed by atoms with Crippen LogP contribution in [-0.4, -0.2) is 33.5 Å². The van der Waals surface area contributed by atoms with E-state index >= 15 is 0 Å². The van der Waals surface area contributed by atoms with Crippen molar-refractivity contribution >= 4 is 12.4 Å². The Bertz CT molecular complexity index is 722. The fourth-order valence-corrected chi connectivity index (χ4v) is 2.50. The number of nitrogens with two attached hydrogens (primary N) is 1. The molecular weight excluding hydrogens is 296 g/mol. The molecule has 0 saturated heterocycles. The molecule has 0 unspecified atom stereocenters. The maximum atomic E-state index is 11.6. The molecule has 23 heavy (non-hydrogen) atoms. The molecular formula is C16H20N4O3. The van der Waals surface area contributed by atoms with Gasteiger partial charge in [-0.05, 0) is 25.0 Å². The second-order valence-electron chi connectivity index (χ2n) is 5.42. The highest BCUT2D eigenvalue weighted by molar-refractivity contribution is 5.85. The number of imidazole rings is 1. The van der Waals surface area contributed by atoms with Crippen molar-refractivity contribution in [3.05, 3.63) is 35.5 Å². The number of rotatable bonds is 6. The van der Waals surface area contributed by atoms with E-state index in [0.29, 0.717) is 23.8 Å². The third-order valence-electron chi connectivity index (χ3n) is 3.51. The van der Waals surface area contributed by atoms with E-state index in [-0.39, 0.29) is 12.5 Å². The number of carbonyl (C=O) groups is 2. The van der Waals surface area contributed by atoms with E-state index in [1.807, 2.05) is 26.0 Å². The smallest absolute Gasteiger partial charge is 0.404 e. The normalized spacial score (nSPS) is 10.8. The Kier molecular flexibility index (Phi) is 5.10. The Morgan fingerprint density at radius 2 is 2.22 bits per heavy atom. The average molecular weight is 316 g/mol. The van der Waals surface area contributed by atoms with Crippen molar-refractivity contribution in [2.24, 2.45) is 5.73 Å². The van der Waals surface area contributed by atoms with Crippen molar-refractivity contribution in [1.29, 1.82) is 0 Å². The Hall–Kier alpha value is -2.70. The third kappa shape index (κ3) is 3.56. The summed E-state index contributed by atoms with van der Waals surface area (Å²) >= 11 is 0. The van der Waals surface area contributed by atoms with Crippen LogP contribution in [-0.2, 0) is 11.3 Å². The molecule has 1 amide bonds. The van der Waals surface area contributed by atoms with Gasteiger partial charge in [-0.2, -0.15) is 0 Å². The van der Waals surface area contributed by atoms with Crippen LogP contribution >= 0.6 is 0 Å². The average Bonchev–Trinajstić information content (AvgIpc) is 2.83. The summed E-state index contributed by atoms with van der Waals surface area (Å²) in [7, 11) is 0. The van der Waals surface area contributed by atoms with Gasteiger partial charge in [0.15, 0.2) is 6.29 Å². The summed E-state index contributed by atoms with van der Waals surface area (Å²) < 4.78 is 6.45. The van der Waals surface area contributed by atoms with Crippen LogP contribution in [0.1, 0.15) is 41.8 Å². The first-order valence-corrected chi connectivity index (χ1v) is 7.35. The first kappa shape index (κ1) is 16.7. The van der Waals surface area contributed by atoms with Crippen molar-refractivity contribution in [1.82, 2.24) is 14.5 Å². The molecule has 7 heteroatoms. The summed E-state index contributed by atoms with van der Waals surface area (Å²) in [5.74, 6) is 0.864. The van der Waals surface area contributed by atoms with E-state index in [9.17, 15) is 9.59 Å². The number of carbonyl (C=O) groups excluding carboxylic acids is 2. The van der Waals surface area contributed by atoms with Crippen molar-refractivity contribution < 1.29 is 14.3 Å². The lowest BCUT2D eigenvalue weighted by Crippen LogP contribution is -2.18. The van der Waals surface area contributed by atoms with Gasteiger partial charge in [0.2, 0.25) is 0 Å². The predicted molar refractivity (Wildman–Crippen MR) is 85.2 cm³/mol. The highest BCUT2D eigenvalue weighted by Crippen LogP contribution is 2.29. The van der Waals surface area contributed by atoms with E-state index in [4.69, 9.17) is 10.5 Å². The van der Waals surface area contributed by atoms with Crippen LogP contribution in [0, 0.1) is 6.92 Å². The molecule has 2 aromatic rings. The van der Waals surface area contributed by atoms with Gasteiger partial charge in [-0.1, -0.05) is 13.8 Å². The molecule has 0 aliphatic rings. The minimum atomic E-state index is -0.843. The summed E-state index contributed by atoms with van der Waals surface area (Å²) in [6, 6.07) is 3.72. The lowest BCUT2D eigenvalue weighted by molar-refractivity contribution is 0.111. The lowest BCUT2D eigenvalue weighted by atomic mass is 10.0. The molecule has 2 heterocycles. The summed E-state index contributed by atoms with van der Waals surface area (Å²) in [5, 5.41) is 0. The maximum Gasteiger partial charge on any atom is 0.404 e. The number of aldehydes is 1. The summed E-state index contributed by atoms with van der Waals surface area (Å²) in [6.45, 7) is 6.27. The third-order valence-corrected chi connectivity index (χ3v) is 3.51. The van der Waals surface area contributed by atoms with Crippen LogP contribution in [0.15, 0.2) is 18.3 Å². The predicted octanol–water partition coefficient (Wildman–Crippen LogP) is 2.28. The SMILES string of the molecule is Cc1nc(-c2cccnc2C(C)C)c(C=O)n1CCOC(N)=O.